The van der Waals surface area contributed by atoms with Gasteiger partial charge in [0, 0.05) is 6.54 Å². The Hall–Kier alpha value is -2.04. The van der Waals surface area contributed by atoms with Gasteiger partial charge in [-0.2, -0.15) is 0 Å². The maximum atomic E-state index is 12.0. The van der Waals surface area contributed by atoms with Crippen molar-refractivity contribution in [3.8, 4) is 0 Å². The first-order chi connectivity index (χ1) is 9.92. The number of rotatable bonds is 7. The van der Waals surface area contributed by atoms with Crippen LogP contribution < -0.4 is 10.6 Å². The van der Waals surface area contributed by atoms with Crippen LogP contribution in [0.25, 0.3) is 0 Å². The van der Waals surface area contributed by atoms with Gasteiger partial charge in [-0.1, -0.05) is 44.2 Å². The SMILES string of the molecule is CCC(NC(=O)NCC(C)(CC)C(=O)O)c1ccccc1. The monoisotopic (exact) mass is 292 g/mol. The molecular formula is C16H24N2O3. The molecule has 0 aliphatic carbocycles. The summed E-state index contributed by atoms with van der Waals surface area (Å²) >= 11 is 0. The van der Waals surface area contributed by atoms with Crippen LogP contribution in [-0.4, -0.2) is 23.7 Å². The smallest absolute Gasteiger partial charge is 0.315 e. The number of aliphatic carboxylic acids is 1. The van der Waals surface area contributed by atoms with Crippen LogP contribution in [0.3, 0.4) is 0 Å². The molecule has 0 fully saturated rings. The van der Waals surface area contributed by atoms with Crippen LogP contribution in [0, 0.1) is 5.41 Å². The lowest BCUT2D eigenvalue weighted by molar-refractivity contribution is -0.147. The van der Waals surface area contributed by atoms with Crippen molar-refractivity contribution in [2.75, 3.05) is 6.54 Å². The molecule has 0 aliphatic rings. The highest BCUT2D eigenvalue weighted by Gasteiger charge is 2.31. The van der Waals surface area contributed by atoms with Crippen molar-refractivity contribution in [1.82, 2.24) is 10.6 Å². The van der Waals surface area contributed by atoms with Crippen LogP contribution in [-0.2, 0) is 4.79 Å². The van der Waals surface area contributed by atoms with Gasteiger partial charge in [0.25, 0.3) is 0 Å². The van der Waals surface area contributed by atoms with E-state index >= 15 is 0 Å². The minimum Gasteiger partial charge on any atom is -0.481 e. The number of hydrogen-bond donors (Lipinski definition) is 3. The molecular weight excluding hydrogens is 268 g/mol. The second-order valence-electron chi connectivity index (χ2n) is 5.42. The van der Waals surface area contributed by atoms with Gasteiger partial charge in [0.15, 0.2) is 0 Å². The molecule has 0 radical (unpaired) electrons. The van der Waals surface area contributed by atoms with E-state index in [1.54, 1.807) is 13.8 Å². The molecule has 5 nitrogen and oxygen atoms in total. The number of carboxylic acid groups (broad SMARTS) is 1. The summed E-state index contributed by atoms with van der Waals surface area (Å²) in [6, 6.07) is 9.28. The largest absolute Gasteiger partial charge is 0.481 e. The summed E-state index contributed by atoms with van der Waals surface area (Å²) in [6.07, 6.45) is 1.22. The Balaban J connectivity index is 2.58. The molecule has 2 unspecified atom stereocenters. The average molecular weight is 292 g/mol. The third-order valence-corrected chi connectivity index (χ3v) is 3.85. The minimum atomic E-state index is -0.939. The average Bonchev–Trinajstić information content (AvgIpc) is 2.50. The van der Waals surface area contributed by atoms with Crippen molar-refractivity contribution in [1.29, 1.82) is 0 Å². The molecule has 1 aromatic carbocycles. The topological polar surface area (TPSA) is 78.4 Å². The quantitative estimate of drug-likeness (QED) is 0.723. The Morgan fingerprint density at radius 1 is 1.24 bits per heavy atom. The van der Waals surface area contributed by atoms with E-state index in [1.807, 2.05) is 37.3 Å². The number of nitrogens with one attached hydrogen (secondary N) is 2. The third kappa shape index (κ3) is 4.77. The standard InChI is InChI=1S/C16H24N2O3/c1-4-13(12-9-7-6-8-10-12)18-15(21)17-11-16(3,5-2)14(19)20/h6-10,13H,4-5,11H2,1-3H3,(H,19,20)(H2,17,18,21). The van der Waals surface area contributed by atoms with E-state index < -0.39 is 11.4 Å². The first-order valence-corrected chi connectivity index (χ1v) is 7.25. The van der Waals surface area contributed by atoms with Gasteiger partial charge in [0.1, 0.15) is 0 Å². The summed E-state index contributed by atoms with van der Waals surface area (Å²) in [5, 5.41) is 14.7. The second-order valence-corrected chi connectivity index (χ2v) is 5.42. The van der Waals surface area contributed by atoms with Gasteiger partial charge < -0.3 is 15.7 Å². The molecule has 0 heterocycles. The molecule has 2 amide bonds. The van der Waals surface area contributed by atoms with Crippen LogP contribution >= 0.6 is 0 Å². The van der Waals surface area contributed by atoms with Gasteiger partial charge in [0.2, 0.25) is 0 Å². The summed E-state index contributed by atoms with van der Waals surface area (Å²) < 4.78 is 0. The minimum absolute atomic E-state index is 0.0797. The van der Waals surface area contributed by atoms with Gasteiger partial charge in [0.05, 0.1) is 11.5 Å². The maximum absolute atomic E-state index is 12.0. The molecule has 0 aliphatic heterocycles. The number of hydrogen-bond acceptors (Lipinski definition) is 2. The van der Waals surface area contributed by atoms with Crippen molar-refractivity contribution < 1.29 is 14.7 Å². The van der Waals surface area contributed by atoms with Crippen molar-refractivity contribution in [3.05, 3.63) is 35.9 Å². The highest BCUT2D eigenvalue weighted by Crippen LogP contribution is 2.20. The van der Waals surface area contributed by atoms with Gasteiger partial charge in [-0.05, 0) is 25.3 Å². The normalized spacial score (nSPS) is 14.8. The van der Waals surface area contributed by atoms with Gasteiger partial charge >= 0.3 is 12.0 Å². The van der Waals surface area contributed by atoms with Gasteiger partial charge in [-0.15, -0.1) is 0 Å². The van der Waals surface area contributed by atoms with Crippen LogP contribution in [0.4, 0.5) is 4.79 Å². The fourth-order valence-electron chi connectivity index (χ4n) is 1.94. The number of urea groups is 1. The van der Waals surface area contributed by atoms with Crippen molar-refractivity contribution in [3.63, 3.8) is 0 Å². The summed E-state index contributed by atoms with van der Waals surface area (Å²) in [7, 11) is 0. The van der Waals surface area contributed by atoms with Crippen LogP contribution in [0.5, 0.6) is 0 Å². The van der Waals surface area contributed by atoms with E-state index in [0.717, 1.165) is 12.0 Å². The van der Waals surface area contributed by atoms with E-state index in [-0.39, 0.29) is 18.6 Å². The molecule has 5 heteroatoms. The van der Waals surface area contributed by atoms with Crippen LogP contribution in [0.1, 0.15) is 45.2 Å². The predicted molar refractivity (Wildman–Crippen MR) is 82.0 cm³/mol. The Labute approximate surface area is 125 Å². The summed E-state index contributed by atoms with van der Waals surface area (Å²) in [4.78, 5) is 23.1. The fourth-order valence-corrected chi connectivity index (χ4v) is 1.94. The molecule has 0 saturated heterocycles. The number of amides is 2. The van der Waals surface area contributed by atoms with E-state index in [2.05, 4.69) is 10.6 Å². The zero-order chi connectivity index (χ0) is 15.9. The lowest BCUT2D eigenvalue weighted by Gasteiger charge is -2.24. The molecule has 0 aromatic heterocycles. The first-order valence-electron chi connectivity index (χ1n) is 7.25. The molecule has 0 spiro atoms. The van der Waals surface area contributed by atoms with E-state index in [1.165, 1.54) is 0 Å². The molecule has 0 saturated carbocycles. The summed E-state index contributed by atoms with van der Waals surface area (Å²) in [5.41, 5.74) is 0.0952. The Bertz CT molecular complexity index is 476. The Morgan fingerprint density at radius 2 is 1.86 bits per heavy atom. The lowest BCUT2D eigenvalue weighted by atomic mass is 9.88. The zero-order valence-electron chi connectivity index (χ0n) is 12.8. The molecule has 1 rings (SSSR count). The molecule has 3 N–H and O–H groups in total. The number of carboxylic acids is 1. The third-order valence-electron chi connectivity index (χ3n) is 3.85. The first kappa shape index (κ1) is 17.0. The second kappa shape index (κ2) is 7.67. The lowest BCUT2D eigenvalue weighted by Crippen LogP contribution is -2.45. The van der Waals surface area contributed by atoms with Gasteiger partial charge in [-0.25, -0.2) is 4.79 Å². The number of carbonyl (C=O) groups excluding carboxylic acids is 1. The van der Waals surface area contributed by atoms with E-state index in [0.29, 0.717) is 6.42 Å². The molecule has 2 atom stereocenters. The molecule has 21 heavy (non-hydrogen) atoms. The maximum Gasteiger partial charge on any atom is 0.315 e. The summed E-state index contributed by atoms with van der Waals surface area (Å²) in [6.45, 7) is 5.53. The number of benzene rings is 1. The van der Waals surface area contributed by atoms with Crippen LogP contribution in [0.15, 0.2) is 30.3 Å². The Kier molecular flexibility index (Phi) is 6.21. The van der Waals surface area contributed by atoms with E-state index in [9.17, 15) is 14.7 Å². The summed E-state index contributed by atoms with van der Waals surface area (Å²) in [5.74, 6) is -0.902. The van der Waals surface area contributed by atoms with Crippen molar-refractivity contribution in [2.24, 2.45) is 5.41 Å². The van der Waals surface area contributed by atoms with Crippen molar-refractivity contribution >= 4 is 12.0 Å². The molecule has 1 aromatic rings. The number of carbonyl (C=O) groups is 2. The highest BCUT2D eigenvalue weighted by molar-refractivity contribution is 5.78. The highest BCUT2D eigenvalue weighted by atomic mass is 16.4. The fraction of sp³-hybridized carbons (Fsp3) is 0.500. The van der Waals surface area contributed by atoms with Crippen molar-refractivity contribution in [2.45, 2.75) is 39.7 Å². The molecule has 0 bridgehead atoms. The van der Waals surface area contributed by atoms with E-state index in [4.69, 9.17) is 0 Å². The zero-order valence-corrected chi connectivity index (χ0v) is 12.8. The predicted octanol–water partition coefficient (Wildman–Crippen LogP) is 2.94. The van der Waals surface area contributed by atoms with Crippen LogP contribution in [0.2, 0.25) is 0 Å². The Morgan fingerprint density at radius 3 is 2.33 bits per heavy atom. The molecule has 116 valence electrons. The van der Waals surface area contributed by atoms with Gasteiger partial charge in [-0.3, -0.25) is 4.79 Å².